The van der Waals surface area contributed by atoms with Gasteiger partial charge in [-0.2, -0.15) is 5.10 Å². The first-order valence-electron chi connectivity index (χ1n) is 7.20. The molecule has 1 saturated heterocycles. The van der Waals surface area contributed by atoms with Crippen molar-refractivity contribution in [2.24, 2.45) is 0 Å². The zero-order valence-electron chi connectivity index (χ0n) is 12.3. The minimum absolute atomic E-state index is 0.0538. The predicted molar refractivity (Wildman–Crippen MR) is 72.8 cm³/mol. The molecule has 106 valence electrons. The first-order valence-corrected chi connectivity index (χ1v) is 7.20. The van der Waals surface area contributed by atoms with Gasteiger partial charge in [-0.3, -0.25) is 5.10 Å². The SMILES string of the molecule is CC1(C)CC(NCc2nc(C3CC3)n[nH]2)C(C)(C)O1. The Morgan fingerprint density at radius 2 is 2.05 bits per heavy atom. The molecule has 0 radical (unpaired) electrons. The number of nitrogens with zero attached hydrogens (tertiary/aromatic N) is 2. The lowest BCUT2D eigenvalue weighted by molar-refractivity contribution is -0.0699. The number of hydrogen-bond donors (Lipinski definition) is 2. The maximum Gasteiger partial charge on any atom is 0.153 e. The molecule has 1 atom stereocenters. The molecule has 3 rings (SSSR count). The standard InChI is InChI=1S/C14H24N4O/c1-13(2)7-10(14(3,4)19-13)15-8-11-16-12(18-17-11)9-5-6-9/h9-10,15H,5-8H2,1-4H3,(H,16,17,18). The van der Waals surface area contributed by atoms with Crippen molar-refractivity contribution in [1.29, 1.82) is 0 Å². The summed E-state index contributed by atoms with van der Waals surface area (Å²) in [7, 11) is 0. The molecule has 5 heteroatoms. The number of ether oxygens (including phenoxy) is 1. The van der Waals surface area contributed by atoms with E-state index in [2.05, 4.69) is 48.2 Å². The Balaban J connectivity index is 1.59. The Bertz CT molecular complexity index is 462. The summed E-state index contributed by atoms with van der Waals surface area (Å²) in [4.78, 5) is 4.55. The van der Waals surface area contributed by atoms with Crippen molar-refractivity contribution in [2.75, 3.05) is 0 Å². The first-order chi connectivity index (χ1) is 8.86. The van der Waals surface area contributed by atoms with Crippen LogP contribution in [0.25, 0.3) is 0 Å². The molecule has 1 saturated carbocycles. The van der Waals surface area contributed by atoms with E-state index < -0.39 is 0 Å². The molecule has 0 bridgehead atoms. The second-order valence-electron chi connectivity index (χ2n) is 7.02. The van der Waals surface area contributed by atoms with E-state index in [4.69, 9.17) is 4.74 Å². The van der Waals surface area contributed by atoms with Gasteiger partial charge in [0.05, 0.1) is 17.7 Å². The molecule has 19 heavy (non-hydrogen) atoms. The maximum atomic E-state index is 6.08. The zero-order valence-corrected chi connectivity index (χ0v) is 12.3. The van der Waals surface area contributed by atoms with Crippen LogP contribution in [-0.4, -0.2) is 32.4 Å². The topological polar surface area (TPSA) is 62.8 Å². The molecular weight excluding hydrogens is 240 g/mol. The number of aromatic amines is 1. The minimum atomic E-state index is -0.136. The molecule has 2 heterocycles. The average molecular weight is 264 g/mol. The number of aromatic nitrogens is 3. The zero-order chi connectivity index (χ0) is 13.7. The lowest BCUT2D eigenvalue weighted by Gasteiger charge is -2.27. The third-order valence-electron chi connectivity index (χ3n) is 4.08. The van der Waals surface area contributed by atoms with Gasteiger partial charge in [0.1, 0.15) is 5.82 Å². The summed E-state index contributed by atoms with van der Waals surface area (Å²) in [5.41, 5.74) is -0.190. The highest BCUT2D eigenvalue weighted by Crippen LogP contribution is 2.38. The Morgan fingerprint density at radius 3 is 2.63 bits per heavy atom. The average Bonchev–Trinajstić information content (AvgIpc) is 2.97. The fourth-order valence-corrected chi connectivity index (χ4v) is 3.01. The molecule has 1 aliphatic heterocycles. The van der Waals surface area contributed by atoms with Crippen LogP contribution in [0.15, 0.2) is 0 Å². The Kier molecular flexibility index (Phi) is 2.94. The fraction of sp³-hybridized carbons (Fsp3) is 0.857. The first kappa shape index (κ1) is 13.1. The van der Waals surface area contributed by atoms with E-state index in [1.165, 1.54) is 12.8 Å². The van der Waals surface area contributed by atoms with Crippen molar-refractivity contribution in [3.63, 3.8) is 0 Å². The highest BCUT2D eigenvalue weighted by atomic mass is 16.5. The molecule has 0 aromatic carbocycles. The summed E-state index contributed by atoms with van der Waals surface area (Å²) >= 11 is 0. The van der Waals surface area contributed by atoms with Gasteiger partial charge in [-0.15, -0.1) is 0 Å². The monoisotopic (exact) mass is 264 g/mol. The van der Waals surface area contributed by atoms with Crippen LogP contribution < -0.4 is 5.32 Å². The van der Waals surface area contributed by atoms with Crippen LogP contribution in [0.5, 0.6) is 0 Å². The van der Waals surface area contributed by atoms with E-state index in [1.54, 1.807) is 0 Å². The van der Waals surface area contributed by atoms with Crippen LogP contribution in [0.1, 0.15) is 64.5 Å². The molecule has 2 N–H and O–H groups in total. The summed E-state index contributed by atoms with van der Waals surface area (Å²) < 4.78 is 6.08. The van der Waals surface area contributed by atoms with Crippen molar-refractivity contribution in [2.45, 2.75) is 76.7 Å². The molecule has 1 aromatic heterocycles. The third-order valence-corrected chi connectivity index (χ3v) is 4.08. The molecular formula is C14H24N4O. The quantitative estimate of drug-likeness (QED) is 0.874. The fourth-order valence-electron chi connectivity index (χ4n) is 3.01. The van der Waals surface area contributed by atoms with Crippen LogP contribution in [-0.2, 0) is 11.3 Å². The second-order valence-corrected chi connectivity index (χ2v) is 7.02. The van der Waals surface area contributed by atoms with Crippen LogP contribution in [0, 0.1) is 0 Å². The molecule has 1 unspecified atom stereocenters. The van der Waals surface area contributed by atoms with Gasteiger partial charge in [0.2, 0.25) is 0 Å². The normalized spacial score (nSPS) is 28.7. The van der Waals surface area contributed by atoms with E-state index in [9.17, 15) is 0 Å². The van der Waals surface area contributed by atoms with Gasteiger partial charge in [0.25, 0.3) is 0 Å². The van der Waals surface area contributed by atoms with Crippen LogP contribution in [0.4, 0.5) is 0 Å². The van der Waals surface area contributed by atoms with E-state index in [0.29, 0.717) is 12.0 Å². The summed E-state index contributed by atoms with van der Waals surface area (Å²) in [6, 6.07) is 0.344. The summed E-state index contributed by atoms with van der Waals surface area (Å²) in [5, 5.41) is 10.9. The van der Waals surface area contributed by atoms with Gasteiger partial charge in [-0.1, -0.05) is 0 Å². The largest absolute Gasteiger partial charge is 0.368 e. The number of hydrogen-bond acceptors (Lipinski definition) is 4. The second kappa shape index (κ2) is 4.28. The van der Waals surface area contributed by atoms with Gasteiger partial charge in [0.15, 0.2) is 5.82 Å². The van der Waals surface area contributed by atoms with E-state index in [0.717, 1.165) is 24.6 Å². The number of H-pyrrole nitrogens is 1. The lowest BCUT2D eigenvalue weighted by Crippen LogP contribution is -2.43. The Labute approximate surface area is 114 Å². The van der Waals surface area contributed by atoms with Crippen LogP contribution in [0.2, 0.25) is 0 Å². The van der Waals surface area contributed by atoms with Crippen LogP contribution >= 0.6 is 0 Å². The van der Waals surface area contributed by atoms with Crippen molar-refractivity contribution in [3.8, 4) is 0 Å². The molecule has 1 aliphatic carbocycles. The van der Waals surface area contributed by atoms with E-state index in [-0.39, 0.29) is 11.2 Å². The van der Waals surface area contributed by atoms with E-state index >= 15 is 0 Å². The molecule has 2 aliphatic rings. The molecule has 2 fully saturated rings. The predicted octanol–water partition coefficient (Wildman–Crippen LogP) is 2.12. The highest BCUT2D eigenvalue weighted by molar-refractivity contribution is 5.05. The third kappa shape index (κ3) is 2.82. The summed E-state index contributed by atoms with van der Waals surface area (Å²) in [6.07, 6.45) is 3.49. The molecule has 0 amide bonds. The van der Waals surface area contributed by atoms with Gasteiger partial charge in [-0.25, -0.2) is 4.98 Å². The van der Waals surface area contributed by atoms with Crippen molar-refractivity contribution < 1.29 is 4.74 Å². The van der Waals surface area contributed by atoms with Gasteiger partial charge in [-0.05, 0) is 47.0 Å². The highest BCUT2D eigenvalue weighted by Gasteiger charge is 2.45. The maximum absolute atomic E-state index is 6.08. The van der Waals surface area contributed by atoms with Crippen LogP contribution in [0.3, 0.4) is 0 Å². The van der Waals surface area contributed by atoms with Gasteiger partial charge >= 0.3 is 0 Å². The number of nitrogens with one attached hydrogen (secondary N) is 2. The summed E-state index contributed by atoms with van der Waals surface area (Å²) in [6.45, 7) is 9.32. The number of rotatable bonds is 4. The van der Waals surface area contributed by atoms with Crippen molar-refractivity contribution in [1.82, 2.24) is 20.5 Å². The Hall–Kier alpha value is -0.940. The van der Waals surface area contributed by atoms with E-state index in [1.807, 2.05) is 0 Å². The van der Waals surface area contributed by atoms with Crippen molar-refractivity contribution in [3.05, 3.63) is 11.6 Å². The minimum Gasteiger partial charge on any atom is -0.368 e. The molecule has 0 spiro atoms. The van der Waals surface area contributed by atoms with Crippen molar-refractivity contribution >= 4 is 0 Å². The lowest BCUT2D eigenvalue weighted by atomic mass is 9.94. The van der Waals surface area contributed by atoms with Gasteiger partial charge < -0.3 is 10.1 Å². The Morgan fingerprint density at radius 1 is 1.32 bits per heavy atom. The summed E-state index contributed by atoms with van der Waals surface area (Å²) in [5.74, 6) is 2.52. The molecule has 5 nitrogen and oxygen atoms in total. The van der Waals surface area contributed by atoms with Gasteiger partial charge in [0, 0.05) is 12.0 Å². The smallest absolute Gasteiger partial charge is 0.153 e. The molecule has 1 aromatic rings.